The molecule has 1 saturated heterocycles. The number of hydrogen-bond acceptors (Lipinski definition) is 10. The maximum Gasteiger partial charge on any atom is 0.266 e. The van der Waals surface area contributed by atoms with Crippen LogP contribution in [0.3, 0.4) is 0 Å². The number of ether oxygens (including phenoxy) is 1. The van der Waals surface area contributed by atoms with E-state index in [2.05, 4.69) is 25.9 Å². The summed E-state index contributed by atoms with van der Waals surface area (Å²) in [4.78, 5) is 68.6. The molecule has 5 heterocycles. The molecule has 0 aliphatic carbocycles. The van der Waals surface area contributed by atoms with Crippen molar-refractivity contribution >= 4 is 40.5 Å². The second kappa shape index (κ2) is 11.7. The van der Waals surface area contributed by atoms with Crippen molar-refractivity contribution in [1.82, 2.24) is 35.5 Å². The summed E-state index contributed by atoms with van der Waals surface area (Å²) in [6.45, 7) is -0.270. The summed E-state index contributed by atoms with van der Waals surface area (Å²) in [6, 6.07) is 15.9. The van der Waals surface area contributed by atoms with Crippen LogP contribution in [0.15, 0.2) is 83.7 Å². The molecule has 14 heteroatoms. The number of hydrogen-bond donors (Lipinski definition) is 2. The highest BCUT2D eigenvalue weighted by Crippen LogP contribution is 2.34. The number of furan rings is 1. The monoisotopic (exact) mass is 619 g/mol. The Kier molecular flexibility index (Phi) is 7.28. The first-order chi connectivity index (χ1) is 22.4. The minimum atomic E-state index is -1.09. The largest absolute Gasteiger partial charge is 0.486 e. The number of carbonyl (C=O) groups excluding carboxylic acids is 5. The molecule has 46 heavy (non-hydrogen) atoms. The third-order valence-corrected chi connectivity index (χ3v) is 7.75. The Balaban J connectivity index is 1.03. The number of pyridine rings is 1. The lowest BCUT2D eigenvalue weighted by Crippen LogP contribution is -2.54. The summed E-state index contributed by atoms with van der Waals surface area (Å²) in [5.41, 5.74) is 1.92. The van der Waals surface area contributed by atoms with Crippen LogP contribution in [-0.2, 0) is 27.5 Å². The highest BCUT2D eigenvalue weighted by atomic mass is 16.5. The van der Waals surface area contributed by atoms with Crippen molar-refractivity contribution in [3.05, 3.63) is 107 Å². The van der Waals surface area contributed by atoms with Gasteiger partial charge in [-0.25, -0.2) is 4.68 Å². The molecule has 5 amide bonds. The van der Waals surface area contributed by atoms with Gasteiger partial charge in [-0.15, -0.1) is 5.10 Å². The molecule has 2 atom stereocenters. The van der Waals surface area contributed by atoms with Gasteiger partial charge in [0.2, 0.25) is 17.7 Å². The molecule has 2 aliphatic heterocycles. The Hall–Kier alpha value is -6.18. The van der Waals surface area contributed by atoms with Crippen molar-refractivity contribution in [2.75, 3.05) is 0 Å². The van der Waals surface area contributed by atoms with Gasteiger partial charge in [0.15, 0.2) is 0 Å². The van der Waals surface area contributed by atoms with Crippen LogP contribution in [-0.4, -0.2) is 60.5 Å². The van der Waals surface area contributed by atoms with Crippen molar-refractivity contribution in [2.24, 2.45) is 0 Å². The van der Waals surface area contributed by atoms with Crippen molar-refractivity contribution < 1.29 is 33.1 Å². The zero-order valence-corrected chi connectivity index (χ0v) is 24.1. The molecular formula is C32H25N7O7. The van der Waals surface area contributed by atoms with Crippen molar-refractivity contribution in [3.63, 3.8) is 0 Å². The number of nitrogens with one attached hydrogen (secondary N) is 2. The van der Waals surface area contributed by atoms with Crippen molar-refractivity contribution in [1.29, 1.82) is 0 Å². The van der Waals surface area contributed by atoms with Gasteiger partial charge < -0.3 is 14.5 Å². The zero-order valence-electron chi connectivity index (χ0n) is 24.1. The maximum absolute atomic E-state index is 13.3. The van der Waals surface area contributed by atoms with Gasteiger partial charge in [0, 0.05) is 29.8 Å². The van der Waals surface area contributed by atoms with E-state index in [1.165, 1.54) is 23.0 Å². The van der Waals surface area contributed by atoms with Gasteiger partial charge in [-0.2, -0.15) is 0 Å². The van der Waals surface area contributed by atoms with Gasteiger partial charge in [0.05, 0.1) is 17.3 Å². The molecule has 0 bridgehead atoms. The molecular weight excluding hydrogens is 594 g/mol. The predicted molar refractivity (Wildman–Crippen MR) is 158 cm³/mol. The van der Waals surface area contributed by atoms with E-state index in [0.717, 1.165) is 15.8 Å². The Morgan fingerprint density at radius 1 is 1.07 bits per heavy atom. The average Bonchev–Trinajstić information content (AvgIpc) is 3.76. The number of imide groups is 2. The Labute approximate surface area is 260 Å². The number of piperidine rings is 1. The van der Waals surface area contributed by atoms with E-state index < -0.39 is 35.7 Å². The quantitative estimate of drug-likeness (QED) is 0.233. The lowest BCUT2D eigenvalue weighted by molar-refractivity contribution is -0.136. The summed E-state index contributed by atoms with van der Waals surface area (Å²) < 4.78 is 13.3. The van der Waals surface area contributed by atoms with Crippen molar-refractivity contribution in [2.45, 2.75) is 38.1 Å². The Morgan fingerprint density at radius 2 is 1.93 bits per heavy atom. The van der Waals surface area contributed by atoms with E-state index in [1.807, 2.05) is 36.4 Å². The summed E-state index contributed by atoms with van der Waals surface area (Å²) in [7, 11) is 0. The lowest BCUT2D eigenvalue weighted by atomic mass is 10.0. The van der Waals surface area contributed by atoms with Gasteiger partial charge in [-0.3, -0.25) is 39.2 Å². The highest BCUT2D eigenvalue weighted by molar-refractivity contribution is 6.24. The van der Waals surface area contributed by atoms with Crippen LogP contribution < -0.4 is 15.4 Å². The van der Waals surface area contributed by atoms with Gasteiger partial charge >= 0.3 is 0 Å². The van der Waals surface area contributed by atoms with Crippen LogP contribution >= 0.6 is 0 Å². The number of para-hydroxylation sites is 1. The molecule has 0 radical (unpaired) electrons. The van der Waals surface area contributed by atoms with E-state index in [0.29, 0.717) is 17.0 Å². The van der Waals surface area contributed by atoms with Crippen LogP contribution in [0.4, 0.5) is 0 Å². The third-order valence-electron chi connectivity index (χ3n) is 7.75. The number of amides is 5. The SMILES string of the molecule is O=C1CCC(N2C(=O)c3cccc(OCc4cn(CC(=O)NC(c5cccnc5)c5cc6ccccc6o5)nn4)c3C2=O)C(=O)N1. The fraction of sp³-hybridized carbons (Fsp3) is 0.188. The summed E-state index contributed by atoms with van der Waals surface area (Å²) in [5, 5.41) is 14.2. The smallest absolute Gasteiger partial charge is 0.266 e. The van der Waals surface area contributed by atoms with Crippen LogP contribution in [0.1, 0.15) is 56.6 Å². The van der Waals surface area contributed by atoms with Crippen molar-refractivity contribution in [3.8, 4) is 5.75 Å². The van der Waals surface area contributed by atoms with Gasteiger partial charge in [0.1, 0.15) is 48.0 Å². The van der Waals surface area contributed by atoms with Crippen LogP contribution in [0.2, 0.25) is 0 Å². The standard InChI is InChI=1S/C32H25N7O7/c40-26-11-10-22(30(42)35-26)39-31(43)21-7-3-9-24(28(21)32(39)44)45-17-20-15-38(37-36-20)16-27(41)34-29(19-6-4-12-33-14-19)25-13-18-5-1-2-8-23(18)46-25/h1-9,12-15,22,29H,10-11,16-17H2,(H,34,41)(H,35,40,42). The number of carbonyl (C=O) groups is 5. The molecule has 2 aromatic carbocycles. The fourth-order valence-corrected chi connectivity index (χ4v) is 5.60. The molecule has 14 nitrogen and oxygen atoms in total. The number of aromatic nitrogens is 4. The number of nitrogens with zero attached hydrogens (tertiary/aromatic N) is 5. The molecule has 230 valence electrons. The summed E-state index contributed by atoms with van der Waals surface area (Å²) in [6.07, 6.45) is 4.90. The van der Waals surface area contributed by atoms with Crippen LogP contribution in [0.25, 0.3) is 11.0 Å². The van der Waals surface area contributed by atoms with E-state index in [1.54, 1.807) is 24.5 Å². The Morgan fingerprint density at radius 3 is 2.74 bits per heavy atom. The second-order valence-corrected chi connectivity index (χ2v) is 10.8. The minimum Gasteiger partial charge on any atom is -0.486 e. The zero-order chi connectivity index (χ0) is 31.8. The highest BCUT2D eigenvalue weighted by Gasteiger charge is 2.46. The van der Waals surface area contributed by atoms with E-state index >= 15 is 0 Å². The molecule has 1 fully saturated rings. The molecule has 0 saturated carbocycles. The fourth-order valence-electron chi connectivity index (χ4n) is 5.60. The van der Waals surface area contributed by atoms with Crippen LogP contribution in [0.5, 0.6) is 5.75 Å². The minimum absolute atomic E-state index is 0.0187. The molecule has 2 N–H and O–H groups in total. The van der Waals surface area contributed by atoms with E-state index in [4.69, 9.17) is 9.15 Å². The number of benzene rings is 2. The van der Waals surface area contributed by atoms with E-state index in [9.17, 15) is 24.0 Å². The summed E-state index contributed by atoms with van der Waals surface area (Å²) >= 11 is 0. The third kappa shape index (κ3) is 5.36. The summed E-state index contributed by atoms with van der Waals surface area (Å²) in [5.74, 6) is -2.14. The second-order valence-electron chi connectivity index (χ2n) is 10.8. The molecule has 5 aromatic rings. The van der Waals surface area contributed by atoms with Crippen LogP contribution in [0, 0.1) is 0 Å². The van der Waals surface area contributed by atoms with Gasteiger partial charge in [-0.1, -0.05) is 35.5 Å². The normalized spacial score (nSPS) is 16.8. The van der Waals surface area contributed by atoms with E-state index in [-0.39, 0.29) is 48.8 Å². The topological polar surface area (TPSA) is 179 Å². The first-order valence-electron chi connectivity index (χ1n) is 14.4. The maximum atomic E-state index is 13.3. The number of fused-ring (bicyclic) bond motifs is 2. The predicted octanol–water partition coefficient (Wildman–Crippen LogP) is 2.31. The van der Waals surface area contributed by atoms with Gasteiger partial charge in [0.25, 0.3) is 11.8 Å². The number of rotatable bonds is 9. The molecule has 7 rings (SSSR count). The first-order valence-corrected chi connectivity index (χ1v) is 14.4. The molecule has 0 spiro atoms. The first kappa shape index (κ1) is 28.6. The molecule has 2 aliphatic rings. The Bertz CT molecular complexity index is 1990. The lowest BCUT2D eigenvalue weighted by Gasteiger charge is -2.27. The molecule has 2 unspecified atom stereocenters. The van der Waals surface area contributed by atoms with Gasteiger partial charge in [-0.05, 0) is 36.8 Å². The molecule has 3 aromatic heterocycles. The average molecular weight is 620 g/mol.